The number of hydrogen-bond acceptors (Lipinski definition) is 6. The van der Waals surface area contributed by atoms with Gasteiger partial charge in [-0.05, 0) is 55.7 Å². The summed E-state index contributed by atoms with van der Waals surface area (Å²) in [5.74, 6) is 0.573. The van der Waals surface area contributed by atoms with Crippen molar-refractivity contribution in [2.45, 2.75) is 39.2 Å². The highest BCUT2D eigenvalue weighted by Crippen LogP contribution is 2.57. The van der Waals surface area contributed by atoms with Crippen molar-refractivity contribution in [1.29, 1.82) is 0 Å². The number of aliphatic hydroxyl groups excluding tert-OH is 1. The maximum absolute atomic E-state index is 13.5. The number of nitrogens with zero attached hydrogens (tertiary/aromatic N) is 6. The second-order valence-corrected chi connectivity index (χ2v) is 11.1. The lowest BCUT2D eigenvalue weighted by molar-refractivity contribution is -0.135. The van der Waals surface area contributed by atoms with Gasteiger partial charge in [0, 0.05) is 69.3 Å². The van der Waals surface area contributed by atoms with Crippen LogP contribution in [0.1, 0.15) is 45.2 Å². The molecule has 0 unspecified atom stereocenters. The fourth-order valence-electron chi connectivity index (χ4n) is 6.39. The zero-order valence-corrected chi connectivity index (χ0v) is 22.2. The third kappa shape index (κ3) is 4.34. The molecule has 3 fully saturated rings. The van der Waals surface area contributed by atoms with Gasteiger partial charge in [-0.1, -0.05) is 12.1 Å². The molecule has 202 valence electrons. The van der Waals surface area contributed by atoms with Gasteiger partial charge in [0.2, 0.25) is 11.8 Å². The molecule has 2 aliphatic carbocycles. The van der Waals surface area contributed by atoms with Crippen molar-refractivity contribution in [2.75, 3.05) is 63.9 Å². The van der Waals surface area contributed by atoms with E-state index in [2.05, 4.69) is 36.9 Å². The molecule has 10 nitrogen and oxygen atoms in total. The molecule has 2 saturated heterocycles. The minimum Gasteiger partial charge on any atom is -0.387 e. The molecule has 2 aliphatic heterocycles. The Bertz CT molecular complexity index is 1270. The number of fused-ring (bicyclic) bond motifs is 3. The first-order chi connectivity index (χ1) is 18.4. The standard InChI is InChI=1S/C28H36N6O4/c1-18-4-3-5-22(19(18)2)30-6-8-31(9-7-30)24(36)16-34-23-15-20-14-21(20)26(23)27(29-34)28(38)33-12-10-32(11-13-33)25(37)17-35/h3-5,20-21,35H,6-17H2,1-2H3/t20-,21-/m1/s1. The fourth-order valence-corrected chi connectivity index (χ4v) is 6.39. The Kier molecular flexibility index (Phi) is 6.37. The van der Waals surface area contributed by atoms with E-state index in [1.165, 1.54) is 16.8 Å². The topological polar surface area (TPSA) is 102 Å². The highest BCUT2D eigenvalue weighted by molar-refractivity contribution is 5.95. The zero-order valence-electron chi connectivity index (χ0n) is 22.2. The third-order valence-electron chi connectivity index (χ3n) is 8.94. The number of rotatable bonds is 5. The van der Waals surface area contributed by atoms with E-state index in [1.54, 1.807) is 14.5 Å². The zero-order chi connectivity index (χ0) is 26.6. The van der Waals surface area contributed by atoms with Crippen molar-refractivity contribution >= 4 is 23.4 Å². The lowest BCUT2D eigenvalue weighted by Gasteiger charge is -2.37. The summed E-state index contributed by atoms with van der Waals surface area (Å²) in [6.07, 6.45) is 1.97. The van der Waals surface area contributed by atoms with Gasteiger partial charge in [0.1, 0.15) is 13.2 Å². The van der Waals surface area contributed by atoms with E-state index in [0.717, 1.165) is 37.2 Å². The van der Waals surface area contributed by atoms with Gasteiger partial charge in [-0.15, -0.1) is 0 Å². The van der Waals surface area contributed by atoms with Crippen LogP contribution >= 0.6 is 0 Å². The number of hydrogen-bond donors (Lipinski definition) is 1. The Morgan fingerprint density at radius 3 is 2.29 bits per heavy atom. The van der Waals surface area contributed by atoms with E-state index in [4.69, 9.17) is 10.2 Å². The molecule has 0 radical (unpaired) electrons. The predicted molar refractivity (Wildman–Crippen MR) is 141 cm³/mol. The number of aliphatic hydroxyl groups is 1. The van der Waals surface area contributed by atoms with Crippen LogP contribution in [0.2, 0.25) is 0 Å². The van der Waals surface area contributed by atoms with Crippen LogP contribution in [0.25, 0.3) is 0 Å². The van der Waals surface area contributed by atoms with Crippen molar-refractivity contribution in [3.63, 3.8) is 0 Å². The van der Waals surface area contributed by atoms with Gasteiger partial charge in [0.15, 0.2) is 5.69 Å². The first kappa shape index (κ1) is 24.9. The molecular weight excluding hydrogens is 484 g/mol. The largest absolute Gasteiger partial charge is 0.387 e. The minimum absolute atomic E-state index is 0.0478. The molecule has 1 N–H and O–H groups in total. The van der Waals surface area contributed by atoms with E-state index in [-0.39, 0.29) is 24.3 Å². The Labute approximate surface area is 222 Å². The average Bonchev–Trinajstić information content (AvgIpc) is 3.47. The summed E-state index contributed by atoms with van der Waals surface area (Å²) >= 11 is 0. The summed E-state index contributed by atoms with van der Waals surface area (Å²) in [4.78, 5) is 46.2. The third-order valence-corrected chi connectivity index (χ3v) is 8.94. The molecule has 0 spiro atoms. The SMILES string of the molecule is Cc1cccc(N2CCN(C(=O)Cn3nc(C(=O)N4CCN(C(=O)CO)CC4)c4c3C[C@H]3C[C@@H]43)CC2)c1C. The molecule has 1 saturated carbocycles. The van der Waals surface area contributed by atoms with Crippen LogP contribution < -0.4 is 4.90 Å². The molecular formula is C28H36N6O4. The number of benzene rings is 1. The molecule has 4 aliphatic rings. The molecule has 2 atom stereocenters. The number of aryl methyl sites for hydroxylation is 1. The van der Waals surface area contributed by atoms with E-state index < -0.39 is 6.61 Å². The van der Waals surface area contributed by atoms with Gasteiger partial charge in [0.05, 0.1) is 0 Å². The van der Waals surface area contributed by atoms with Crippen LogP contribution in [0.15, 0.2) is 18.2 Å². The molecule has 2 aromatic rings. The summed E-state index contributed by atoms with van der Waals surface area (Å²) in [5, 5.41) is 13.8. The Balaban J connectivity index is 1.12. The normalized spacial score (nSPS) is 22.4. The van der Waals surface area contributed by atoms with Gasteiger partial charge < -0.3 is 24.7 Å². The van der Waals surface area contributed by atoms with E-state index in [0.29, 0.717) is 56.8 Å². The first-order valence-corrected chi connectivity index (χ1v) is 13.7. The van der Waals surface area contributed by atoms with Crippen molar-refractivity contribution < 1.29 is 19.5 Å². The highest BCUT2D eigenvalue weighted by Gasteiger charge is 2.50. The van der Waals surface area contributed by atoms with Crippen LogP contribution in [0.5, 0.6) is 0 Å². The van der Waals surface area contributed by atoms with Crippen LogP contribution in [0, 0.1) is 19.8 Å². The van der Waals surface area contributed by atoms with E-state index in [9.17, 15) is 14.4 Å². The molecule has 38 heavy (non-hydrogen) atoms. The van der Waals surface area contributed by atoms with E-state index in [1.807, 2.05) is 4.90 Å². The van der Waals surface area contributed by atoms with Gasteiger partial charge in [-0.3, -0.25) is 19.1 Å². The summed E-state index contributed by atoms with van der Waals surface area (Å²) in [7, 11) is 0. The number of piperazine rings is 2. The van der Waals surface area contributed by atoms with Crippen LogP contribution in [0.3, 0.4) is 0 Å². The predicted octanol–water partition coefficient (Wildman–Crippen LogP) is 0.785. The molecule has 1 aromatic heterocycles. The van der Waals surface area contributed by atoms with Crippen LogP contribution in [-0.4, -0.2) is 106 Å². The molecule has 6 rings (SSSR count). The van der Waals surface area contributed by atoms with E-state index >= 15 is 0 Å². The van der Waals surface area contributed by atoms with Gasteiger partial charge >= 0.3 is 0 Å². The molecule has 3 amide bonds. The minimum atomic E-state index is -0.510. The number of amides is 3. The summed E-state index contributed by atoms with van der Waals surface area (Å²) in [6.45, 7) is 8.53. The number of carbonyl (C=O) groups excluding carboxylic acids is 3. The number of aromatic nitrogens is 2. The second-order valence-electron chi connectivity index (χ2n) is 11.1. The van der Waals surface area contributed by atoms with Crippen molar-refractivity contribution in [1.82, 2.24) is 24.5 Å². The summed E-state index contributed by atoms with van der Waals surface area (Å²) in [6, 6.07) is 6.37. The lowest BCUT2D eigenvalue weighted by atomic mass is 10.1. The highest BCUT2D eigenvalue weighted by atomic mass is 16.3. The van der Waals surface area contributed by atoms with Crippen molar-refractivity contribution in [3.8, 4) is 0 Å². The Hall–Kier alpha value is -3.40. The fraction of sp³-hybridized carbons (Fsp3) is 0.571. The number of carbonyl (C=O) groups is 3. The average molecular weight is 521 g/mol. The monoisotopic (exact) mass is 520 g/mol. The van der Waals surface area contributed by atoms with Gasteiger partial charge in [0.25, 0.3) is 5.91 Å². The quantitative estimate of drug-likeness (QED) is 0.626. The Morgan fingerprint density at radius 1 is 0.921 bits per heavy atom. The smallest absolute Gasteiger partial charge is 0.274 e. The number of anilines is 1. The molecule has 3 heterocycles. The summed E-state index contributed by atoms with van der Waals surface area (Å²) < 4.78 is 1.79. The first-order valence-electron chi connectivity index (χ1n) is 13.7. The molecule has 0 bridgehead atoms. The maximum Gasteiger partial charge on any atom is 0.274 e. The molecule has 1 aromatic carbocycles. The lowest BCUT2D eigenvalue weighted by Crippen LogP contribution is -2.51. The van der Waals surface area contributed by atoms with Crippen LogP contribution in [0.4, 0.5) is 5.69 Å². The van der Waals surface area contributed by atoms with Gasteiger partial charge in [-0.25, -0.2) is 0 Å². The summed E-state index contributed by atoms with van der Waals surface area (Å²) in [5.41, 5.74) is 6.38. The second kappa shape index (κ2) is 9.72. The van der Waals surface area contributed by atoms with Gasteiger partial charge in [-0.2, -0.15) is 5.10 Å². The van der Waals surface area contributed by atoms with Crippen molar-refractivity contribution in [3.05, 3.63) is 46.3 Å². The van der Waals surface area contributed by atoms with Crippen LogP contribution in [-0.2, 0) is 22.6 Å². The maximum atomic E-state index is 13.5. The Morgan fingerprint density at radius 2 is 1.58 bits per heavy atom. The van der Waals surface area contributed by atoms with Crippen molar-refractivity contribution in [2.24, 2.45) is 5.92 Å². The molecule has 10 heteroatoms.